The number of halogens is 2. The van der Waals surface area contributed by atoms with Crippen LogP contribution in [0.4, 0.5) is 11.4 Å². The summed E-state index contributed by atoms with van der Waals surface area (Å²) < 4.78 is 2.00. The fourth-order valence-corrected chi connectivity index (χ4v) is 2.75. The van der Waals surface area contributed by atoms with Crippen LogP contribution in [0.25, 0.3) is 0 Å². The smallest absolute Gasteiger partial charge is 0.250 e. The van der Waals surface area contributed by atoms with Gasteiger partial charge in [0.15, 0.2) is 0 Å². The van der Waals surface area contributed by atoms with Gasteiger partial charge < -0.3 is 11.1 Å². The number of anilines is 2. The van der Waals surface area contributed by atoms with Crippen molar-refractivity contribution in [3.63, 3.8) is 0 Å². The van der Waals surface area contributed by atoms with Crippen LogP contribution in [0, 0.1) is 10.5 Å². The van der Waals surface area contributed by atoms with Crippen molar-refractivity contribution in [1.29, 1.82) is 0 Å². The third kappa shape index (κ3) is 3.48. The third-order valence-corrected chi connectivity index (χ3v) is 3.87. The van der Waals surface area contributed by atoms with Crippen LogP contribution in [0.1, 0.15) is 15.9 Å². The summed E-state index contributed by atoms with van der Waals surface area (Å²) in [5, 5.41) is 3.25. The summed E-state index contributed by atoms with van der Waals surface area (Å²) in [5.41, 5.74) is 8.65. The van der Waals surface area contributed by atoms with E-state index in [2.05, 4.69) is 49.9 Å². The number of primary amides is 1. The molecule has 0 saturated heterocycles. The lowest BCUT2D eigenvalue weighted by Crippen LogP contribution is -2.13. The first-order valence-electron chi connectivity index (χ1n) is 5.60. The molecule has 3 N–H and O–H groups in total. The molecule has 0 radical (unpaired) electrons. The summed E-state index contributed by atoms with van der Waals surface area (Å²) in [4.78, 5) is 11.5. The molecule has 2 rings (SSSR count). The van der Waals surface area contributed by atoms with Gasteiger partial charge >= 0.3 is 0 Å². The zero-order valence-electron chi connectivity index (χ0n) is 10.2. The van der Waals surface area contributed by atoms with Crippen LogP contribution in [0.5, 0.6) is 0 Å². The Morgan fingerprint density at radius 3 is 2.53 bits per heavy atom. The molecule has 0 aromatic heterocycles. The Morgan fingerprint density at radius 1 is 1.21 bits per heavy atom. The summed E-state index contributed by atoms with van der Waals surface area (Å²) >= 11 is 5.60. The van der Waals surface area contributed by atoms with E-state index < -0.39 is 5.91 Å². The van der Waals surface area contributed by atoms with E-state index in [-0.39, 0.29) is 0 Å². The summed E-state index contributed by atoms with van der Waals surface area (Å²) in [6.45, 7) is 2.02. The first-order valence-corrected chi connectivity index (χ1v) is 7.47. The number of aryl methyl sites for hydroxylation is 1. The van der Waals surface area contributed by atoms with E-state index in [0.717, 1.165) is 15.7 Å². The number of nitrogens with one attached hydrogen (secondary N) is 1. The Morgan fingerprint density at radius 2 is 1.89 bits per heavy atom. The van der Waals surface area contributed by atoms with Gasteiger partial charge in [-0.3, -0.25) is 4.79 Å². The van der Waals surface area contributed by atoms with Gasteiger partial charge in [-0.15, -0.1) is 0 Å². The molecular weight excluding hydrogens is 419 g/mol. The van der Waals surface area contributed by atoms with Crippen molar-refractivity contribution in [2.75, 3.05) is 5.32 Å². The predicted molar refractivity (Wildman–Crippen MR) is 89.8 cm³/mol. The molecule has 2 aromatic rings. The predicted octanol–water partition coefficient (Wildman–Crippen LogP) is 4.20. The molecule has 0 aliphatic heterocycles. The van der Waals surface area contributed by atoms with Gasteiger partial charge in [0.05, 0.1) is 11.3 Å². The number of benzene rings is 2. The first kappa shape index (κ1) is 14.3. The van der Waals surface area contributed by atoms with Crippen LogP contribution in [0.15, 0.2) is 40.9 Å². The summed E-state index contributed by atoms with van der Waals surface area (Å²) in [6, 6.07) is 11.5. The molecule has 0 saturated carbocycles. The van der Waals surface area contributed by atoms with Gasteiger partial charge in [0.2, 0.25) is 0 Å². The second kappa shape index (κ2) is 5.92. The summed E-state index contributed by atoms with van der Waals surface area (Å²) in [5.74, 6) is -0.452. The highest BCUT2D eigenvalue weighted by Gasteiger charge is 2.10. The van der Waals surface area contributed by atoms with Crippen molar-refractivity contribution in [3.05, 3.63) is 55.6 Å². The quantitative estimate of drug-likeness (QED) is 0.717. The van der Waals surface area contributed by atoms with Crippen molar-refractivity contribution in [2.45, 2.75) is 6.92 Å². The van der Waals surface area contributed by atoms with Crippen LogP contribution >= 0.6 is 38.5 Å². The molecule has 0 atom stereocenters. The number of hydrogen-bond donors (Lipinski definition) is 2. The van der Waals surface area contributed by atoms with Crippen LogP contribution in [-0.4, -0.2) is 5.91 Å². The zero-order chi connectivity index (χ0) is 14.0. The van der Waals surface area contributed by atoms with Gasteiger partial charge in [-0.2, -0.15) is 0 Å². The van der Waals surface area contributed by atoms with Crippen LogP contribution in [-0.2, 0) is 0 Å². The van der Waals surface area contributed by atoms with Crippen molar-refractivity contribution in [3.8, 4) is 0 Å². The number of hydrogen-bond acceptors (Lipinski definition) is 2. The average Bonchev–Trinajstić information content (AvgIpc) is 2.34. The zero-order valence-corrected chi connectivity index (χ0v) is 13.9. The first-order chi connectivity index (χ1) is 8.97. The van der Waals surface area contributed by atoms with Gasteiger partial charge in [0.25, 0.3) is 5.91 Å². The van der Waals surface area contributed by atoms with Gasteiger partial charge in [0, 0.05) is 13.7 Å². The van der Waals surface area contributed by atoms with E-state index in [0.29, 0.717) is 11.3 Å². The number of carbonyl (C=O) groups excluding carboxylic acids is 1. The minimum absolute atomic E-state index is 0.452. The fourth-order valence-electron chi connectivity index (χ4n) is 1.74. The van der Waals surface area contributed by atoms with Crippen molar-refractivity contribution in [2.24, 2.45) is 5.73 Å². The van der Waals surface area contributed by atoms with Gasteiger partial charge in [0.1, 0.15) is 0 Å². The molecule has 0 aliphatic carbocycles. The molecule has 5 heteroatoms. The molecule has 0 aliphatic rings. The Hall–Kier alpha value is -1.08. The lowest BCUT2D eigenvalue weighted by molar-refractivity contribution is 0.100. The molecular formula is C14H12BrIN2O. The highest BCUT2D eigenvalue weighted by atomic mass is 127. The van der Waals surface area contributed by atoms with Crippen molar-refractivity contribution >= 4 is 55.8 Å². The summed E-state index contributed by atoms with van der Waals surface area (Å²) in [6.07, 6.45) is 0. The van der Waals surface area contributed by atoms with Gasteiger partial charge in [-0.1, -0.05) is 15.9 Å². The maximum Gasteiger partial charge on any atom is 0.250 e. The lowest BCUT2D eigenvalue weighted by atomic mass is 10.1. The molecule has 0 fully saturated rings. The maximum absolute atomic E-state index is 11.5. The van der Waals surface area contributed by atoms with E-state index >= 15 is 0 Å². The molecule has 2 aromatic carbocycles. The number of rotatable bonds is 3. The Bertz CT molecular complexity index is 643. The van der Waals surface area contributed by atoms with Crippen LogP contribution < -0.4 is 11.1 Å². The third-order valence-electron chi connectivity index (χ3n) is 2.70. The van der Waals surface area contributed by atoms with Gasteiger partial charge in [-0.05, 0) is 71.5 Å². The minimum Gasteiger partial charge on any atom is -0.366 e. The molecule has 98 valence electrons. The normalized spacial score (nSPS) is 10.3. The monoisotopic (exact) mass is 430 g/mol. The Labute approximate surface area is 133 Å². The average molecular weight is 431 g/mol. The van der Waals surface area contributed by atoms with E-state index in [1.165, 1.54) is 3.57 Å². The summed E-state index contributed by atoms with van der Waals surface area (Å²) in [7, 11) is 0. The molecule has 19 heavy (non-hydrogen) atoms. The molecule has 0 unspecified atom stereocenters. The van der Waals surface area contributed by atoms with E-state index in [1.807, 2.05) is 31.2 Å². The largest absolute Gasteiger partial charge is 0.366 e. The van der Waals surface area contributed by atoms with E-state index in [4.69, 9.17) is 5.73 Å². The Balaban J connectivity index is 2.40. The number of carbonyl (C=O) groups is 1. The highest BCUT2D eigenvalue weighted by molar-refractivity contribution is 14.1. The standard InChI is InChI=1S/C14H12BrIN2O/c1-8-6-10(16)3-5-12(8)18-13-4-2-9(15)7-11(13)14(17)19/h2-7,18H,1H3,(H2,17,19). The van der Waals surface area contributed by atoms with Crippen molar-refractivity contribution in [1.82, 2.24) is 0 Å². The van der Waals surface area contributed by atoms with Crippen LogP contribution in [0.3, 0.4) is 0 Å². The SMILES string of the molecule is Cc1cc(I)ccc1Nc1ccc(Br)cc1C(N)=O. The maximum atomic E-state index is 11.5. The Kier molecular flexibility index (Phi) is 4.46. The molecule has 1 amide bonds. The second-order valence-electron chi connectivity index (χ2n) is 4.14. The fraction of sp³-hybridized carbons (Fsp3) is 0.0714. The van der Waals surface area contributed by atoms with Crippen molar-refractivity contribution < 1.29 is 4.79 Å². The number of nitrogens with two attached hydrogens (primary N) is 1. The van der Waals surface area contributed by atoms with E-state index in [1.54, 1.807) is 6.07 Å². The molecule has 3 nitrogen and oxygen atoms in total. The van der Waals surface area contributed by atoms with Crippen LogP contribution in [0.2, 0.25) is 0 Å². The second-order valence-corrected chi connectivity index (χ2v) is 6.30. The topological polar surface area (TPSA) is 55.1 Å². The highest BCUT2D eigenvalue weighted by Crippen LogP contribution is 2.26. The van der Waals surface area contributed by atoms with Gasteiger partial charge in [-0.25, -0.2) is 0 Å². The number of amides is 1. The lowest BCUT2D eigenvalue weighted by Gasteiger charge is -2.13. The molecule has 0 heterocycles. The minimum atomic E-state index is -0.452. The van der Waals surface area contributed by atoms with E-state index in [9.17, 15) is 4.79 Å². The molecule has 0 spiro atoms. The molecule has 0 bridgehead atoms.